The molecular weight excluding hydrogens is 370 g/mol. The molecule has 142 valence electrons. The SMILES string of the molecule is CCn1nc(C(=O)Nc2nnc(-c3ccc(S(=O)(=O)CC)cc3)o2)cc1C. The normalized spacial score (nSPS) is 11.5. The summed E-state index contributed by atoms with van der Waals surface area (Å²) in [6.07, 6.45) is 0. The fourth-order valence-electron chi connectivity index (χ4n) is 2.46. The zero-order valence-corrected chi connectivity index (χ0v) is 15.9. The number of nitrogens with zero attached hydrogens (tertiary/aromatic N) is 4. The van der Waals surface area contributed by atoms with Crippen molar-refractivity contribution in [1.82, 2.24) is 20.0 Å². The van der Waals surface area contributed by atoms with Crippen molar-refractivity contribution in [2.45, 2.75) is 32.2 Å². The third kappa shape index (κ3) is 3.90. The number of benzene rings is 1. The van der Waals surface area contributed by atoms with E-state index in [1.165, 1.54) is 12.1 Å². The molecule has 3 aromatic rings. The number of amides is 1. The van der Waals surface area contributed by atoms with Gasteiger partial charge in [0.1, 0.15) is 0 Å². The van der Waals surface area contributed by atoms with Crippen LogP contribution in [0.15, 0.2) is 39.6 Å². The predicted molar refractivity (Wildman–Crippen MR) is 98.1 cm³/mol. The molecular formula is C17H19N5O4S. The molecule has 0 fully saturated rings. The Morgan fingerprint density at radius 1 is 1.19 bits per heavy atom. The van der Waals surface area contributed by atoms with Gasteiger partial charge in [0.2, 0.25) is 5.89 Å². The van der Waals surface area contributed by atoms with Crippen LogP contribution in [0.25, 0.3) is 11.5 Å². The summed E-state index contributed by atoms with van der Waals surface area (Å²) in [6, 6.07) is 7.72. The highest BCUT2D eigenvalue weighted by molar-refractivity contribution is 7.91. The zero-order valence-electron chi connectivity index (χ0n) is 15.1. The number of rotatable bonds is 6. The molecule has 0 saturated heterocycles. The van der Waals surface area contributed by atoms with Crippen molar-refractivity contribution < 1.29 is 17.6 Å². The molecule has 0 radical (unpaired) electrons. The first kappa shape index (κ1) is 18.8. The first-order valence-electron chi connectivity index (χ1n) is 8.36. The van der Waals surface area contributed by atoms with E-state index in [9.17, 15) is 13.2 Å². The second kappa shape index (κ2) is 7.31. The lowest BCUT2D eigenvalue weighted by Crippen LogP contribution is -2.13. The van der Waals surface area contributed by atoms with Crippen LogP contribution in [-0.2, 0) is 16.4 Å². The summed E-state index contributed by atoms with van der Waals surface area (Å²) in [6.45, 7) is 6.04. The van der Waals surface area contributed by atoms with Crippen LogP contribution in [0.3, 0.4) is 0 Å². The highest BCUT2D eigenvalue weighted by Crippen LogP contribution is 2.22. The number of sulfone groups is 1. The van der Waals surface area contributed by atoms with Crippen molar-refractivity contribution in [3.05, 3.63) is 41.7 Å². The van der Waals surface area contributed by atoms with E-state index in [0.717, 1.165) is 5.69 Å². The van der Waals surface area contributed by atoms with Crippen LogP contribution in [0.2, 0.25) is 0 Å². The molecule has 2 heterocycles. The van der Waals surface area contributed by atoms with Crippen LogP contribution in [0.5, 0.6) is 0 Å². The Morgan fingerprint density at radius 3 is 2.48 bits per heavy atom. The lowest BCUT2D eigenvalue weighted by Gasteiger charge is -2.01. The average molecular weight is 389 g/mol. The molecule has 0 saturated carbocycles. The standard InChI is InChI=1S/C17H19N5O4S/c1-4-22-11(3)10-14(21-22)15(23)18-17-20-19-16(26-17)12-6-8-13(9-7-12)27(24,25)5-2/h6-10H,4-5H2,1-3H3,(H,18,20,23). The maximum Gasteiger partial charge on any atom is 0.322 e. The molecule has 1 N–H and O–H groups in total. The van der Waals surface area contributed by atoms with Crippen LogP contribution in [0.1, 0.15) is 30.0 Å². The van der Waals surface area contributed by atoms with Gasteiger partial charge in [0.05, 0.1) is 10.6 Å². The van der Waals surface area contributed by atoms with Gasteiger partial charge in [-0.15, -0.1) is 5.10 Å². The molecule has 0 aliphatic rings. The molecule has 3 rings (SSSR count). The summed E-state index contributed by atoms with van der Waals surface area (Å²) in [7, 11) is -3.27. The summed E-state index contributed by atoms with van der Waals surface area (Å²) in [5.41, 5.74) is 1.67. The maximum atomic E-state index is 12.2. The molecule has 2 aromatic heterocycles. The quantitative estimate of drug-likeness (QED) is 0.687. The summed E-state index contributed by atoms with van der Waals surface area (Å²) in [5, 5.41) is 14.4. The lowest BCUT2D eigenvalue weighted by molar-refractivity contribution is 0.101. The fourth-order valence-corrected chi connectivity index (χ4v) is 3.35. The summed E-state index contributed by atoms with van der Waals surface area (Å²) in [5.74, 6) is -0.262. The van der Waals surface area contributed by atoms with Crippen LogP contribution in [0.4, 0.5) is 6.01 Å². The number of carbonyl (C=O) groups excluding carboxylic acids is 1. The van der Waals surface area contributed by atoms with E-state index in [4.69, 9.17) is 4.42 Å². The Kier molecular flexibility index (Phi) is 5.08. The van der Waals surface area contributed by atoms with E-state index in [-0.39, 0.29) is 28.2 Å². The Hall–Kier alpha value is -3.01. The van der Waals surface area contributed by atoms with Gasteiger partial charge in [0.15, 0.2) is 15.5 Å². The van der Waals surface area contributed by atoms with E-state index < -0.39 is 15.7 Å². The van der Waals surface area contributed by atoms with Crippen molar-refractivity contribution in [1.29, 1.82) is 0 Å². The van der Waals surface area contributed by atoms with Crippen LogP contribution >= 0.6 is 0 Å². The number of nitrogens with one attached hydrogen (secondary N) is 1. The molecule has 1 aromatic carbocycles. The minimum absolute atomic E-state index is 0.0242. The number of aromatic nitrogens is 4. The van der Waals surface area contributed by atoms with E-state index in [2.05, 4.69) is 20.6 Å². The monoisotopic (exact) mass is 389 g/mol. The van der Waals surface area contributed by atoms with Gasteiger partial charge in [0.25, 0.3) is 5.91 Å². The molecule has 0 aliphatic carbocycles. The van der Waals surface area contributed by atoms with Gasteiger partial charge >= 0.3 is 6.01 Å². The maximum absolute atomic E-state index is 12.2. The van der Waals surface area contributed by atoms with Gasteiger partial charge in [-0.2, -0.15) is 5.10 Å². The van der Waals surface area contributed by atoms with Crippen molar-refractivity contribution in [2.75, 3.05) is 11.1 Å². The van der Waals surface area contributed by atoms with E-state index in [1.807, 2.05) is 13.8 Å². The minimum Gasteiger partial charge on any atom is -0.403 e. The first-order valence-corrected chi connectivity index (χ1v) is 10.0. The lowest BCUT2D eigenvalue weighted by atomic mass is 10.2. The summed E-state index contributed by atoms with van der Waals surface area (Å²) >= 11 is 0. The molecule has 0 bridgehead atoms. The number of anilines is 1. The van der Waals surface area contributed by atoms with Gasteiger partial charge in [-0.1, -0.05) is 12.0 Å². The predicted octanol–water partition coefficient (Wildman–Crippen LogP) is 2.31. The summed E-state index contributed by atoms with van der Waals surface area (Å²) in [4.78, 5) is 12.5. The minimum atomic E-state index is -3.27. The second-order valence-electron chi connectivity index (χ2n) is 5.78. The topological polar surface area (TPSA) is 120 Å². The summed E-state index contributed by atoms with van der Waals surface area (Å²) < 4.78 is 30.8. The van der Waals surface area contributed by atoms with Gasteiger partial charge in [-0.3, -0.25) is 14.8 Å². The van der Waals surface area contributed by atoms with Gasteiger partial charge in [-0.05, 0) is 44.2 Å². The third-order valence-electron chi connectivity index (χ3n) is 4.00. The molecule has 0 unspecified atom stereocenters. The first-order chi connectivity index (χ1) is 12.8. The van der Waals surface area contributed by atoms with Crippen LogP contribution < -0.4 is 5.32 Å². The number of carbonyl (C=O) groups is 1. The third-order valence-corrected chi connectivity index (χ3v) is 5.75. The van der Waals surface area contributed by atoms with Gasteiger partial charge < -0.3 is 4.42 Å². The van der Waals surface area contributed by atoms with Gasteiger partial charge in [-0.25, -0.2) is 8.42 Å². The van der Waals surface area contributed by atoms with E-state index >= 15 is 0 Å². The van der Waals surface area contributed by atoms with E-state index in [0.29, 0.717) is 12.1 Å². The molecule has 0 atom stereocenters. The van der Waals surface area contributed by atoms with Crippen LogP contribution in [-0.4, -0.2) is 40.1 Å². The number of hydrogen-bond acceptors (Lipinski definition) is 7. The molecule has 9 nitrogen and oxygen atoms in total. The van der Waals surface area contributed by atoms with Crippen molar-refractivity contribution in [2.24, 2.45) is 0 Å². The highest BCUT2D eigenvalue weighted by Gasteiger charge is 2.17. The van der Waals surface area contributed by atoms with Gasteiger partial charge in [0, 0.05) is 17.8 Å². The van der Waals surface area contributed by atoms with Crippen LogP contribution in [0, 0.1) is 6.92 Å². The average Bonchev–Trinajstić information content (AvgIpc) is 3.28. The highest BCUT2D eigenvalue weighted by atomic mass is 32.2. The van der Waals surface area contributed by atoms with Crippen molar-refractivity contribution in [3.8, 4) is 11.5 Å². The molecule has 27 heavy (non-hydrogen) atoms. The Labute approximate surface area is 156 Å². The second-order valence-corrected chi connectivity index (χ2v) is 8.06. The molecule has 0 aliphatic heterocycles. The zero-order chi connectivity index (χ0) is 19.6. The largest absolute Gasteiger partial charge is 0.403 e. The molecule has 0 spiro atoms. The molecule has 10 heteroatoms. The van der Waals surface area contributed by atoms with Crippen molar-refractivity contribution in [3.63, 3.8) is 0 Å². The number of aryl methyl sites for hydroxylation is 2. The van der Waals surface area contributed by atoms with E-state index in [1.54, 1.807) is 29.8 Å². The fraction of sp³-hybridized carbons (Fsp3) is 0.294. The van der Waals surface area contributed by atoms with Crippen molar-refractivity contribution >= 4 is 21.8 Å². The Bertz CT molecular complexity index is 1070. The molecule has 1 amide bonds. The smallest absolute Gasteiger partial charge is 0.322 e. The Morgan fingerprint density at radius 2 is 1.89 bits per heavy atom. The Balaban J connectivity index is 1.75. The number of hydrogen-bond donors (Lipinski definition) is 1.